The van der Waals surface area contributed by atoms with E-state index in [0.717, 1.165) is 12.8 Å². The summed E-state index contributed by atoms with van der Waals surface area (Å²) in [4.78, 5) is 15.6. The number of carbonyl (C=O) groups excluding carboxylic acids is 1. The minimum Gasteiger partial charge on any atom is -0.337 e. The van der Waals surface area contributed by atoms with Crippen molar-refractivity contribution >= 4 is 5.91 Å². The summed E-state index contributed by atoms with van der Waals surface area (Å²) >= 11 is 0. The van der Waals surface area contributed by atoms with E-state index in [4.69, 9.17) is 5.73 Å². The minimum absolute atomic E-state index is 0.124. The van der Waals surface area contributed by atoms with E-state index in [1.165, 1.54) is 23.1 Å². The van der Waals surface area contributed by atoms with Crippen LogP contribution in [0, 0.1) is 11.7 Å². The van der Waals surface area contributed by atoms with Crippen molar-refractivity contribution < 1.29 is 9.18 Å². The molecule has 122 valence electrons. The molecular formula is C16H20FN5O. The van der Waals surface area contributed by atoms with Gasteiger partial charge in [0.1, 0.15) is 5.82 Å². The van der Waals surface area contributed by atoms with Gasteiger partial charge in [0.15, 0.2) is 5.69 Å². The van der Waals surface area contributed by atoms with Crippen molar-refractivity contribution in [2.75, 3.05) is 13.1 Å². The highest BCUT2D eigenvalue weighted by molar-refractivity contribution is 5.92. The van der Waals surface area contributed by atoms with E-state index in [1.54, 1.807) is 17.0 Å². The van der Waals surface area contributed by atoms with Crippen LogP contribution in [0.5, 0.6) is 0 Å². The quantitative estimate of drug-likeness (QED) is 0.933. The van der Waals surface area contributed by atoms with Crippen LogP contribution in [0.4, 0.5) is 4.39 Å². The van der Waals surface area contributed by atoms with Crippen molar-refractivity contribution in [3.8, 4) is 5.69 Å². The van der Waals surface area contributed by atoms with E-state index in [2.05, 4.69) is 10.2 Å². The van der Waals surface area contributed by atoms with Crippen LogP contribution in [0.1, 0.15) is 30.3 Å². The van der Waals surface area contributed by atoms with Gasteiger partial charge >= 0.3 is 0 Å². The van der Waals surface area contributed by atoms with E-state index in [1.807, 2.05) is 6.92 Å². The number of aromatic nitrogens is 3. The van der Waals surface area contributed by atoms with Gasteiger partial charge in [-0.05, 0) is 49.9 Å². The number of nitrogens with zero attached hydrogens (tertiary/aromatic N) is 4. The van der Waals surface area contributed by atoms with Crippen molar-refractivity contribution in [2.24, 2.45) is 11.7 Å². The lowest BCUT2D eigenvalue weighted by molar-refractivity contribution is 0.0674. The van der Waals surface area contributed by atoms with Gasteiger partial charge in [0, 0.05) is 19.1 Å². The summed E-state index contributed by atoms with van der Waals surface area (Å²) < 4.78 is 12.9. The molecule has 7 heteroatoms. The van der Waals surface area contributed by atoms with Crippen molar-refractivity contribution in [1.82, 2.24) is 19.9 Å². The normalized spacial score (nSPS) is 17.3. The lowest BCUT2D eigenvalue weighted by atomic mass is 9.91. The summed E-state index contributed by atoms with van der Waals surface area (Å²) in [6.07, 6.45) is 3.27. The SMILES string of the molecule is CC(N)C1CCN(C(=O)c2cnn(-c3ccc(F)cc3)n2)CC1. The van der Waals surface area contributed by atoms with Crippen LogP contribution in [-0.4, -0.2) is 44.9 Å². The van der Waals surface area contributed by atoms with Gasteiger partial charge in [-0.25, -0.2) is 4.39 Å². The van der Waals surface area contributed by atoms with Gasteiger partial charge in [-0.15, -0.1) is 5.10 Å². The summed E-state index contributed by atoms with van der Waals surface area (Å²) in [5.74, 6) is 0.0182. The Kier molecular flexibility index (Phi) is 4.38. The topological polar surface area (TPSA) is 77.0 Å². The molecule has 0 bridgehead atoms. The van der Waals surface area contributed by atoms with Crippen LogP contribution in [0.15, 0.2) is 30.5 Å². The first-order valence-electron chi connectivity index (χ1n) is 7.78. The lowest BCUT2D eigenvalue weighted by Crippen LogP contribution is -2.42. The van der Waals surface area contributed by atoms with Crippen molar-refractivity contribution in [3.63, 3.8) is 0 Å². The summed E-state index contributed by atoms with van der Waals surface area (Å²) in [7, 11) is 0. The molecule has 1 unspecified atom stereocenters. The summed E-state index contributed by atoms with van der Waals surface area (Å²) in [5.41, 5.74) is 6.83. The summed E-state index contributed by atoms with van der Waals surface area (Å²) in [5, 5.41) is 8.30. The average Bonchev–Trinajstić information content (AvgIpc) is 3.05. The van der Waals surface area contributed by atoms with Crippen LogP contribution in [0.3, 0.4) is 0 Å². The number of rotatable bonds is 3. The van der Waals surface area contributed by atoms with E-state index >= 15 is 0 Å². The second-order valence-corrected chi connectivity index (χ2v) is 5.98. The molecule has 1 amide bonds. The molecule has 0 saturated carbocycles. The standard InChI is InChI=1S/C16H20FN5O/c1-11(18)12-6-8-21(9-7-12)16(23)15-10-19-22(20-15)14-4-2-13(17)3-5-14/h2-5,10-12H,6-9,18H2,1H3. The van der Waals surface area contributed by atoms with Crippen LogP contribution in [-0.2, 0) is 0 Å². The lowest BCUT2D eigenvalue weighted by Gasteiger charge is -2.33. The van der Waals surface area contributed by atoms with Crippen LogP contribution < -0.4 is 5.73 Å². The van der Waals surface area contributed by atoms with Crippen molar-refractivity contribution in [1.29, 1.82) is 0 Å². The monoisotopic (exact) mass is 317 g/mol. The largest absolute Gasteiger partial charge is 0.337 e. The van der Waals surface area contributed by atoms with Crippen LogP contribution in [0.25, 0.3) is 5.69 Å². The molecule has 3 rings (SSSR count). The summed E-state index contributed by atoms with van der Waals surface area (Å²) in [6, 6.07) is 5.96. The number of piperidine rings is 1. The number of benzene rings is 1. The van der Waals surface area contributed by atoms with Gasteiger partial charge in [-0.2, -0.15) is 9.90 Å². The Hall–Kier alpha value is -2.28. The Balaban J connectivity index is 1.68. The third kappa shape index (κ3) is 3.39. The third-order valence-electron chi connectivity index (χ3n) is 4.34. The molecule has 23 heavy (non-hydrogen) atoms. The second kappa shape index (κ2) is 6.45. The average molecular weight is 317 g/mol. The highest BCUT2D eigenvalue weighted by Gasteiger charge is 2.26. The van der Waals surface area contributed by atoms with E-state index in [-0.39, 0.29) is 17.8 Å². The molecule has 2 aromatic rings. The number of hydrogen-bond donors (Lipinski definition) is 1. The minimum atomic E-state index is -0.325. The fourth-order valence-electron chi connectivity index (χ4n) is 2.85. The number of nitrogens with two attached hydrogens (primary N) is 1. The first-order valence-corrected chi connectivity index (χ1v) is 7.78. The van der Waals surface area contributed by atoms with Crippen molar-refractivity contribution in [3.05, 3.63) is 42.0 Å². The highest BCUT2D eigenvalue weighted by atomic mass is 19.1. The zero-order chi connectivity index (χ0) is 16.4. The molecule has 0 aliphatic carbocycles. The maximum Gasteiger partial charge on any atom is 0.276 e. The molecule has 1 aromatic heterocycles. The van der Waals surface area contributed by atoms with Gasteiger partial charge in [0.05, 0.1) is 11.9 Å². The van der Waals surface area contributed by atoms with Gasteiger partial charge in [-0.3, -0.25) is 4.79 Å². The molecule has 2 heterocycles. The highest BCUT2D eigenvalue weighted by Crippen LogP contribution is 2.20. The third-order valence-corrected chi connectivity index (χ3v) is 4.34. The predicted octanol–water partition coefficient (Wildman–Crippen LogP) is 1.61. The number of hydrogen-bond acceptors (Lipinski definition) is 4. The predicted molar refractivity (Wildman–Crippen MR) is 83.6 cm³/mol. The molecule has 0 spiro atoms. The molecule has 1 fully saturated rings. The smallest absolute Gasteiger partial charge is 0.276 e. The first kappa shape index (κ1) is 15.6. The molecule has 1 aliphatic rings. The number of likely N-dealkylation sites (tertiary alicyclic amines) is 1. The molecule has 1 atom stereocenters. The fourth-order valence-corrected chi connectivity index (χ4v) is 2.85. The van der Waals surface area contributed by atoms with E-state index in [9.17, 15) is 9.18 Å². The molecule has 1 saturated heterocycles. The zero-order valence-electron chi connectivity index (χ0n) is 13.0. The van der Waals surface area contributed by atoms with E-state index in [0.29, 0.717) is 30.4 Å². The molecule has 6 nitrogen and oxygen atoms in total. The molecule has 1 aromatic carbocycles. The van der Waals surface area contributed by atoms with Crippen LogP contribution in [0.2, 0.25) is 0 Å². The van der Waals surface area contributed by atoms with Gasteiger partial charge in [0.25, 0.3) is 5.91 Å². The molecule has 1 aliphatic heterocycles. The molecule has 2 N–H and O–H groups in total. The molecule has 0 radical (unpaired) electrons. The number of halogens is 1. The summed E-state index contributed by atoms with van der Waals surface area (Å²) in [6.45, 7) is 3.39. The second-order valence-electron chi connectivity index (χ2n) is 5.98. The maximum atomic E-state index is 12.9. The fraction of sp³-hybridized carbons (Fsp3) is 0.438. The van der Waals surface area contributed by atoms with Crippen molar-refractivity contribution in [2.45, 2.75) is 25.8 Å². The van der Waals surface area contributed by atoms with Crippen LogP contribution >= 0.6 is 0 Å². The Morgan fingerprint density at radius 1 is 1.30 bits per heavy atom. The maximum absolute atomic E-state index is 12.9. The number of amides is 1. The van der Waals surface area contributed by atoms with E-state index < -0.39 is 0 Å². The van der Waals surface area contributed by atoms with Gasteiger partial charge in [0.2, 0.25) is 0 Å². The Morgan fingerprint density at radius 3 is 2.57 bits per heavy atom. The Bertz CT molecular complexity index is 674. The Labute approximate surface area is 134 Å². The Morgan fingerprint density at radius 2 is 1.96 bits per heavy atom. The van der Waals surface area contributed by atoms with Gasteiger partial charge < -0.3 is 10.6 Å². The first-order chi connectivity index (χ1) is 11.0. The molecular weight excluding hydrogens is 297 g/mol. The number of carbonyl (C=O) groups is 1. The zero-order valence-corrected chi connectivity index (χ0v) is 13.0. The van der Waals surface area contributed by atoms with Gasteiger partial charge in [-0.1, -0.05) is 0 Å².